The molecule has 0 aliphatic carbocycles. The minimum absolute atomic E-state index is 0.900. The average Bonchev–Trinajstić information content (AvgIpc) is 2.00. The van der Waals surface area contributed by atoms with Crippen LogP contribution < -0.4 is 0 Å². The SMILES string of the molecule is CC(C)(O)C#Cc1cccc(Br)c1. The van der Waals surface area contributed by atoms with E-state index in [-0.39, 0.29) is 0 Å². The van der Waals surface area contributed by atoms with Gasteiger partial charge in [-0.05, 0) is 32.0 Å². The minimum Gasteiger partial charge on any atom is -0.378 e. The first-order chi connectivity index (χ1) is 5.97. The van der Waals surface area contributed by atoms with E-state index in [0.717, 1.165) is 10.0 Å². The first kappa shape index (κ1) is 10.3. The van der Waals surface area contributed by atoms with Crippen molar-refractivity contribution in [3.63, 3.8) is 0 Å². The van der Waals surface area contributed by atoms with E-state index < -0.39 is 5.60 Å². The molecular formula is C11H11BrO. The van der Waals surface area contributed by atoms with E-state index in [1.165, 1.54) is 0 Å². The van der Waals surface area contributed by atoms with Crippen molar-refractivity contribution in [3.8, 4) is 11.8 Å². The minimum atomic E-state index is -0.928. The van der Waals surface area contributed by atoms with Crippen LogP contribution in [0.4, 0.5) is 0 Å². The normalized spacial score (nSPS) is 10.5. The summed E-state index contributed by atoms with van der Waals surface area (Å²) in [6.07, 6.45) is 0. The molecule has 1 aromatic carbocycles. The molecule has 0 amide bonds. The third-order valence-corrected chi connectivity index (χ3v) is 1.83. The number of benzene rings is 1. The molecule has 1 aromatic rings. The Balaban J connectivity index is 2.90. The van der Waals surface area contributed by atoms with Gasteiger partial charge in [0.15, 0.2) is 0 Å². The molecule has 0 fully saturated rings. The van der Waals surface area contributed by atoms with E-state index in [9.17, 15) is 5.11 Å². The van der Waals surface area contributed by atoms with Gasteiger partial charge in [0.25, 0.3) is 0 Å². The van der Waals surface area contributed by atoms with Gasteiger partial charge in [0.2, 0.25) is 0 Å². The Hall–Kier alpha value is -0.780. The number of hydrogen-bond acceptors (Lipinski definition) is 1. The molecule has 1 rings (SSSR count). The van der Waals surface area contributed by atoms with Crippen LogP contribution >= 0.6 is 15.9 Å². The van der Waals surface area contributed by atoms with Gasteiger partial charge in [-0.2, -0.15) is 0 Å². The van der Waals surface area contributed by atoms with Crippen molar-refractivity contribution < 1.29 is 5.11 Å². The van der Waals surface area contributed by atoms with Gasteiger partial charge >= 0.3 is 0 Å². The summed E-state index contributed by atoms with van der Waals surface area (Å²) < 4.78 is 0.995. The Morgan fingerprint density at radius 3 is 2.62 bits per heavy atom. The molecule has 0 heterocycles. The second kappa shape index (κ2) is 3.95. The summed E-state index contributed by atoms with van der Waals surface area (Å²) >= 11 is 3.35. The quantitative estimate of drug-likeness (QED) is 0.690. The maximum atomic E-state index is 9.36. The number of rotatable bonds is 0. The molecule has 0 spiro atoms. The fraction of sp³-hybridized carbons (Fsp3) is 0.273. The van der Waals surface area contributed by atoms with Crippen molar-refractivity contribution in [1.29, 1.82) is 0 Å². The highest BCUT2D eigenvalue weighted by molar-refractivity contribution is 9.10. The molecule has 1 nitrogen and oxygen atoms in total. The average molecular weight is 239 g/mol. The van der Waals surface area contributed by atoms with Crippen LogP contribution in [0.25, 0.3) is 0 Å². The van der Waals surface area contributed by atoms with Gasteiger partial charge < -0.3 is 5.11 Å². The van der Waals surface area contributed by atoms with Crippen LogP contribution in [-0.2, 0) is 0 Å². The summed E-state index contributed by atoms with van der Waals surface area (Å²) in [5.41, 5.74) is -0.0287. The third kappa shape index (κ3) is 4.12. The summed E-state index contributed by atoms with van der Waals surface area (Å²) in [5, 5.41) is 9.36. The van der Waals surface area contributed by atoms with E-state index in [4.69, 9.17) is 0 Å². The molecule has 0 bridgehead atoms. The van der Waals surface area contributed by atoms with Crippen molar-refractivity contribution in [1.82, 2.24) is 0 Å². The molecule has 68 valence electrons. The molecule has 13 heavy (non-hydrogen) atoms. The lowest BCUT2D eigenvalue weighted by Gasteiger charge is -2.05. The largest absolute Gasteiger partial charge is 0.378 e. The molecule has 0 unspecified atom stereocenters. The van der Waals surface area contributed by atoms with Gasteiger partial charge in [-0.3, -0.25) is 0 Å². The summed E-state index contributed by atoms with van der Waals surface area (Å²) in [6.45, 7) is 3.33. The Kier molecular flexibility index (Phi) is 3.13. The van der Waals surface area contributed by atoms with Gasteiger partial charge in [-0.1, -0.05) is 33.8 Å². The lowest BCUT2D eigenvalue weighted by Crippen LogP contribution is -2.14. The Labute approximate surface area is 86.9 Å². The monoisotopic (exact) mass is 238 g/mol. The highest BCUT2D eigenvalue weighted by atomic mass is 79.9. The fourth-order valence-corrected chi connectivity index (χ4v) is 1.19. The lowest BCUT2D eigenvalue weighted by atomic mass is 10.1. The van der Waals surface area contributed by atoms with Crippen molar-refractivity contribution in [2.75, 3.05) is 0 Å². The summed E-state index contributed by atoms with van der Waals surface area (Å²) in [6, 6.07) is 7.68. The van der Waals surface area contributed by atoms with E-state index in [0.29, 0.717) is 0 Å². The van der Waals surface area contributed by atoms with Gasteiger partial charge in [-0.25, -0.2) is 0 Å². The van der Waals surface area contributed by atoms with E-state index in [1.54, 1.807) is 13.8 Å². The number of aliphatic hydroxyl groups is 1. The van der Waals surface area contributed by atoms with Crippen LogP contribution in [0, 0.1) is 11.8 Å². The number of hydrogen-bond donors (Lipinski definition) is 1. The summed E-state index contributed by atoms with van der Waals surface area (Å²) in [5.74, 6) is 5.65. The van der Waals surface area contributed by atoms with E-state index in [2.05, 4.69) is 27.8 Å². The highest BCUT2D eigenvalue weighted by Gasteiger charge is 2.05. The lowest BCUT2D eigenvalue weighted by molar-refractivity contribution is 0.143. The van der Waals surface area contributed by atoms with Gasteiger partial charge in [-0.15, -0.1) is 0 Å². The van der Waals surface area contributed by atoms with Crippen LogP contribution in [0.5, 0.6) is 0 Å². The molecule has 0 atom stereocenters. The molecule has 0 aromatic heterocycles. The summed E-state index contributed by atoms with van der Waals surface area (Å²) in [7, 11) is 0. The smallest absolute Gasteiger partial charge is 0.120 e. The van der Waals surface area contributed by atoms with Crippen molar-refractivity contribution >= 4 is 15.9 Å². The maximum Gasteiger partial charge on any atom is 0.120 e. The maximum absolute atomic E-state index is 9.36. The molecule has 0 saturated heterocycles. The predicted octanol–water partition coefficient (Wildman–Crippen LogP) is 2.57. The molecule has 1 N–H and O–H groups in total. The molecular weight excluding hydrogens is 228 g/mol. The van der Waals surface area contributed by atoms with Crippen LogP contribution in [0.1, 0.15) is 19.4 Å². The van der Waals surface area contributed by atoms with Crippen molar-refractivity contribution in [2.24, 2.45) is 0 Å². The number of halogens is 1. The molecule has 0 aliphatic rings. The zero-order chi connectivity index (χ0) is 9.90. The molecule has 0 radical (unpaired) electrons. The summed E-state index contributed by atoms with van der Waals surface area (Å²) in [4.78, 5) is 0. The molecule has 0 aliphatic heterocycles. The molecule has 2 heteroatoms. The standard InChI is InChI=1S/C11H11BrO/c1-11(2,13)7-6-9-4-3-5-10(12)8-9/h3-5,8,13H,1-2H3. The van der Waals surface area contributed by atoms with Gasteiger partial charge in [0, 0.05) is 10.0 Å². The topological polar surface area (TPSA) is 20.2 Å². The van der Waals surface area contributed by atoms with E-state index in [1.807, 2.05) is 24.3 Å². The molecule has 0 saturated carbocycles. The van der Waals surface area contributed by atoms with E-state index >= 15 is 0 Å². The van der Waals surface area contributed by atoms with Crippen LogP contribution in [0.3, 0.4) is 0 Å². The highest BCUT2D eigenvalue weighted by Crippen LogP contribution is 2.10. The Bertz CT molecular complexity index is 352. The van der Waals surface area contributed by atoms with Crippen molar-refractivity contribution in [2.45, 2.75) is 19.4 Å². The van der Waals surface area contributed by atoms with Crippen LogP contribution in [0.2, 0.25) is 0 Å². The van der Waals surface area contributed by atoms with Gasteiger partial charge in [0.1, 0.15) is 5.60 Å². The predicted molar refractivity (Wildman–Crippen MR) is 57.3 cm³/mol. The Morgan fingerprint density at radius 1 is 1.38 bits per heavy atom. The van der Waals surface area contributed by atoms with Crippen molar-refractivity contribution in [3.05, 3.63) is 34.3 Å². The zero-order valence-corrected chi connectivity index (χ0v) is 9.22. The fourth-order valence-electron chi connectivity index (χ4n) is 0.791. The van der Waals surface area contributed by atoms with Gasteiger partial charge in [0.05, 0.1) is 0 Å². The van der Waals surface area contributed by atoms with Crippen LogP contribution in [0.15, 0.2) is 28.7 Å². The second-order valence-corrected chi connectivity index (χ2v) is 4.24. The zero-order valence-electron chi connectivity index (χ0n) is 7.63. The first-order valence-corrected chi connectivity index (χ1v) is 4.78. The van der Waals surface area contributed by atoms with Crippen LogP contribution in [-0.4, -0.2) is 10.7 Å². The Morgan fingerprint density at radius 2 is 2.08 bits per heavy atom. The second-order valence-electron chi connectivity index (χ2n) is 3.32. The first-order valence-electron chi connectivity index (χ1n) is 3.98. The third-order valence-electron chi connectivity index (χ3n) is 1.34.